The van der Waals surface area contributed by atoms with Crippen LogP contribution in [0.4, 0.5) is 5.82 Å². The molecule has 7 nitrogen and oxygen atoms in total. The molecule has 0 fully saturated rings. The number of anilines is 1. The molecule has 4 rings (SSSR count). The summed E-state index contributed by atoms with van der Waals surface area (Å²) < 4.78 is 7.23. The number of hydrogen-bond acceptors (Lipinski definition) is 4. The summed E-state index contributed by atoms with van der Waals surface area (Å²) in [4.78, 5) is 25.5. The average Bonchev–Trinajstić information content (AvgIpc) is 3.31. The number of rotatable bonds is 6. The van der Waals surface area contributed by atoms with Crippen molar-refractivity contribution in [2.24, 2.45) is 0 Å². The number of benzene rings is 2. The molecule has 0 aliphatic carbocycles. The molecule has 2 aromatic carbocycles. The Bertz CT molecular complexity index is 1240. The van der Waals surface area contributed by atoms with Crippen LogP contribution in [0.5, 0.6) is 5.75 Å². The molecule has 0 saturated carbocycles. The number of ketones is 1. The van der Waals surface area contributed by atoms with Crippen LogP contribution < -0.4 is 10.1 Å². The van der Waals surface area contributed by atoms with Gasteiger partial charge in [0.2, 0.25) is 0 Å². The van der Waals surface area contributed by atoms with Gasteiger partial charge in [0.15, 0.2) is 5.82 Å². The Labute approximate surface area is 177 Å². The smallest absolute Gasteiger partial charge is 0.298 e. The third kappa shape index (κ3) is 3.92. The first-order chi connectivity index (χ1) is 14.4. The van der Waals surface area contributed by atoms with E-state index in [-0.39, 0.29) is 0 Å². The molecule has 1 amide bonds. The highest BCUT2D eigenvalue weighted by atomic mass is 35.5. The van der Waals surface area contributed by atoms with E-state index in [0.29, 0.717) is 34.1 Å². The first kappa shape index (κ1) is 19.7. The lowest BCUT2D eigenvalue weighted by atomic mass is 10.1. The van der Waals surface area contributed by atoms with Gasteiger partial charge in [0.1, 0.15) is 5.75 Å². The number of aromatic nitrogens is 3. The molecule has 152 valence electrons. The normalized spacial score (nSPS) is 10.9. The zero-order valence-electron chi connectivity index (χ0n) is 16.4. The molecule has 4 aromatic rings. The summed E-state index contributed by atoms with van der Waals surface area (Å²) >= 11 is 5.97. The molecule has 0 atom stereocenters. The highest BCUT2D eigenvalue weighted by Gasteiger charge is 2.23. The Kier molecular flexibility index (Phi) is 5.29. The van der Waals surface area contributed by atoms with Gasteiger partial charge in [-0.05, 0) is 42.8 Å². The van der Waals surface area contributed by atoms with Crippen LogP contribution in [0, 0.1) is 6.92 Å². The zero-order chi connectivity index (χ0) is 21.3. The van der Waals surface area contributed by atoms with Crippen molar-refractivity contribution >= 4 is 40.0 Å². The highest BCUT2D eigenvalue weighted by Crippen LogP contribution is 2.28. The van der Waals surface area contributed by atoms with Gasteiger partial charge in [-0.2, -0.15) is 5.10 Å². The third-order valence-electron chi connectivity index (χ3n) is 4.75. The summed E-state index contributed by atoms with van der Waals surface area (Å²) in [6, 6.07) is 14.6. The molecule has 0 aliphatic heterocycles. The Morgan fingerprint density at radius 2 is 1.93 bits per heavy atom. The molecule has 2 heterocycles. The van der Waals surface area contributed by atoms with E-state index in [4.69, 9.17) is 16.3 Å². The standard InChI is InChI=1S/C22H19ClN4O3/c1-13-9-20(26-25-13)24-22(29)21(28)18-12-27(11-14-3-5-15(23)6-4-14)19-8-7-16(30-2)10-17(18)19/h3-10,12H,11H2,1-2H3,(H2,24,25,26,29). The lowest BCUT2D eigenvalue weighted by Gasteiger charge is -2.06. The van der Waals surface area contributed by atoms with Gasteiger partial charge in [-0.1, -0.05) is 23.7 Å². The second kappa shape index (κ2) is 8.04. The number of nitrogens with zero attached hydrogens (tertiary/aromatic N) is 2. The number of carbonyl (C=O) groups excluding carboxylic acids is 2. The van der Waals surface area contributed by atoms with Crippen LogP contribution in [0.3, 0.4) is 0 Å². The van der Waals surface area contributed by atoms with E-state index in [0.717, 1.165) is 16.8 Å². The minimum Gasteiger partial charge on any atom is -0.497 e. The number of H-pyrrole nitrogens is 1. The Balaban J connectivity index is 1.71. The van der Waals surface area contributed by atoms with E-state index in [2.05, 4.69) is 15.5 Å². The van der Waals surface area contributed by atoms with Gasteiger partial charge < -0.3 is 14.6 Å². The van der Waals surface area contributed by atoms with Crippen LogP contribution in [0.2, 0.25) is 5.02 Å². The molecule has 8 heteroatoms. The SMILES string of the molecule is COc1ccc2c(c1)c(C(=O)C(=O)Nc1cc(C)[nH]n1)cn2Cc1ccc(Cl)cc1. The van der Waals surface area contributed by atoms with Crippen LogP contribution >= 0.6 is 11.6 Å². The van der Waals surface area contributed by atoms with Crippen molar-refractivity contribution in [1.29, 1.82) is 0 Å². The fourth-order valence-corrected chi connectivity index (χ4v) is 3.40. The van der Waals surface area contributed by atoms with Crippen molar-refractivity contribution < 1.29 is 14.3 Å². The summed E-state index contributed by atoms with van der Waals surface area (Å²) in [6.07, 6.45) is 1.69. The molecule has 0 spiro atoms. The molecule has 30 heavy (non-hydrogen) atoms. The van der Waals surface area contributed by atoms with Crippen LogP contribution in [-0.4, -0.2) is 33.6 Å². The maximum absolute atomic E-state index is 13.0. The van der Waals surface area contributed by atoms with Crippen molar-refractivity contribution in [2.45, 2.75) is 13.5 Å². The Morgan fingerprint density at radius 3 is 2.60 bits per heavy atom. The average molecular weight is 423 g/mol. The highest BCUT2D eigenvalue weighted by molar-refractivity contribution is 6.48. The minimum absolute atomic E-state index is 0.294. The van der Waals surface area contributed by atoms with Crippen LogP contribution in [0.25, 0.3) is 10.9 Å². The molecule has 0 unspecified atom stereocenters. The fourth-order valence-electron chi connectivity index (χ4n) is 3.28. The molecular formula is C22H19ClN4O3. The van der Waals surface area contributed by atoms with Gasteiger partial charge in [-0.3, -0.25) is 14.7 Å². The summed E-state index contributed by atoms with van der Waals surface area (Å²) in [5.41, 5.74) is 2.91. The molecular weight excluding hydrogens is 404 g/mol. The van der Waals surface area contributed by atoms with Crippen LogP contribution in [0.1, 0.15) is 21.6 Å². The molecule has 0 saturated heterocycles. The fraction of sp³-hybridized carbons (Fsp3) is 0.136. The van der Waals surface area contributed by atoms with Crippen molar-refractivity contribution in [2.75, 3.05) is 12.4 Å². The first-order valence-corrected chi connectivity index (χ1v) is 9.61. The largest absolute Gasteiger partial charge is 0.497 e. The molecule has 0 aliphatic rings. The van der Waals surface area contributed by atoms with Gasteiger partial charge in [0, 0.05) is 40.4 Å². The van der Waals surface area contributed by atoms with E-state index >= 15 is 0 Å². The number of amides is 1. The maximum Gasteiger partial charge on any atom is 0.298 e. The number of hydrogen-bond donors (Lipinski definition) is 2. The number of aryl methyl sites for hydroxylation is 1. The summed E-state index contributed by atoms with van der Waals surface area (Å²) in [5.74, 6) is -0.504. The van der Waals surface area contributed by atoms with E-state index in [1.54, 1.807) is 32.4 Å². The number of halogens is 1. The molecule has 0 bridgehead atoms. The number of aromatic amines is 1. The predicted molar refractivity (Wildman–Crippen MR) is 115 cm³/mol. The summed E-state index contributed by atoms with van der Waals surface area (Å²) in [7, 11) is 1.56. The first-order valence-electron chi connectivity index (χ1n) is 9.23. The maximum atomic E-state index is 13.0. The Hall–Kier alpha value is -3.58. The van der Waals surface area contributed by atoms with Gasteiger partial charge in [0.05, 0.1) is 12.7 Å². The van der Waals surface area contributed by atoms with Crippen molar-refractivity contribution in [1.82, 2.24) is 14.8 Å². The lowest BCUT2D eigenvalue weighted by molar-refractivity contribution is -0.112. The number of carbonyl (C=O) groups is 2. The van der Waals surface area contributed by atoms with E-state index in [1.165, 1.54) is 0 Å². The monoisotopic (exact) mass is 422 g/mol. The van der Waals surface area contributed by atoms with Crippen LogP contribution in [0.15, 0.2) is 54.7 Å². The predicted octanol–water partition coefficient (Wildman–Crippen LogP) is 4.20. The third-order valence-corrected chi connectivity index (χ3v) is 5.00. The van der Waals surface area contributed by atoms with E-state index in [1.807, 2.05) is 41.0 Å². The topological polar surface area (TPSA) is 89.0 Å². The zero-order valence-corrected chi connectivity index (χ0v) is 17.2. The van der Waals surface area contributed by atoms with Crippen molar-refractivity contribution in [3.63, 3.8) is 0 Å². The number of methoxy groups -OCH3 is 1. The number of fused-ring (bicyclic) bond motifs is 1. The van der Waals surface area contributed by atoms with Crippen molar-refractivity contribution in [3.05, 3.63) is 76.6 Å². The van der Waals surface area contributed by atoms with Crippen molar-refractivity contribution in [3.8, 4) is 5.75 Å². The second-order valence-corrected chi connectivity index (χ2v) is 7.34. The van der Waals surface area contributed by atoms with Gasteiger partial charge in [-0.15, -0.1) is 0 Å². The van der Waals surface area contributed by atoms with Gasteiger partial charge in [0.25, 0.3) is 11.7 Å². The minimum atomic E-state index is -0.755. The van der Waals surface area contributed by atoms with E-state index < -0.39 is 11.7 Å². The van der Waals surface area contributed by atoms with Gasteiger partial charge >= 0.3 is 0 Å². The lowest BCUT2D eigenvalue weighted by Crippen LogP contribution is -2.23. The Morgan fingerprint density at radius 1 is 1.17 bits per heavy atom. The molecule has 2 aromatic heterocycles. The summed E-state index contributed by atoms with van der Waals surface area (Å²) in [6.45, 7) is 2.33. The molecule has 2 N–H and O–H groups in total. The quantitative estimate of drug-likeness (QED) is 0.360. The van der Waals surface area contributed by atoms with Crippen LogP contribution in [-0.2, 0) is 11.3 Å². The summed E-state index contributed by atoms with van der Waals surface area (Å²) in [5, 5.41) is 10.5. The number of ether oxygens (including phenoxy) is 1. The number of Topliss-reactive ketones (excluding diaryl/α,β-unsaturated/α-hetero) is 1. The number of nitrogens with one attached hydrogen (secondary N) is 2. The van der Waals surface area contributed by atoms with E-state index in [9.17, 15) is 9.59 Å². The second-order valence-electron chi connectivity index (χ2n) is 6.90. The molecule has 0 radical (unpaired) electrons. The van der Waals surface area contributed by atoms with Gasteiger partial charge in [-0.25, -0.2) is 0 Å².